The molecule has 26 heavy (non-hydrogen) atoms. The summed E-state index contributed by atoms with van der Waals surface area (Å²) in [5, 5.41) is 0.238. The second kappa shape index (κ2) is 8.35. The Hall–Kier alpha value is -1.66. The van der Waals surface area contributed by atoms with Gasteiger partial charge >= 0.3 is 29.6 Å². The van der Waals surface area contributed by atoms with Crippen LogP contribution in [0.3, 0.4) is 0 Å². The van der Waals surface area contributed by atoms with E-state index in [1.807, 2.05) is 6.07 Å². The first-order valence-electron chi connectivity index (χ1n) is 7.94. The third kappa shape index (κ3) is 3.45. The van der Waals surface area contributed by atoms with Crippen molar-refractivity contribution in [3.05, 3.63) is 59.1 Å². The molecule has 0 bridgehead atoms. The van der Waals surface area contributed by atoms with Gasteiger partial charge in [0.2, 0.25) is 11.8 Å². The summed E-state index contributed by atoms with van der Waals surface area (Å²) >= 11 is 6.17. The quantitative estimate of drug-likeness (QED) is 0.564. The number of ketones is 1. The van der Waals surface area contributed by atoms with Gasteiger partial charge in [0.05, 0.1) is 16.3 Å². The predicted octanol–water partition coefficient (Wildman–Crippen LogP) is 0.172. The fraction of sp³-hybridized carbons (Fsp3) is 0.211. The summed E-state index contributed by atoms with van der Waals surface area (Å²) in [4.78, 5) is 41.4. The molecule has 1 heterocycles. The zero-order valence-corrected chi connectivity index (χ0v) is 17.7. The molecule has 2 aromatic rings. The average Bonchev–Trinajstić information content (AvgIpc) is 2.61. The van der Waals surface area contributed by atoms with E-state index in [1.54, 1.807) is 56.4 Å². The number of carbonyl (C=O) groups is 3. The van der Waals surface area contributed by atoms with Gasteiger partial charge in [0.15, 0.2) is 11.7 Å². The molecule has 0 radical (unpaired) electrons. The summed E-state index contributed by atoms with van der Waals surface area (Å²) in [5.41, 5.74) is 1.28. The van der Waals surface area contributed by atoms with E-state index < -0.39 is 23.5 Å². The van der Waals surface area contributed by atoms with Crippen LogP contribution in [0.4, 0.5) is 11.4 Å². The number of nitrogens with zero attached hydrogens (tertiary/aromatic N) is 2. The first kappa shape index (κ1) is 20.6. The minimum absolute atomic E-state index is 0. The Labute approximate surface area is 179 Å². The van der Waals surface area contributed by atoms with Crippen molar-refractivity contribution in [1.29, 1.82) is 0 Å². The maximum Gasteiger partial charge on any atom is 1.00 e. The Morgan fingerprint density at radius 3 is 2.38 bits per heavy atom. The molecule has 1 aliphatic heterocycles. The Bertz CT molecular complexity index is 857. The van der Waals surface area contributed by atoms with Gasteiger partial charge in [0.25, 0.3) is 0 Å². The third-order valence-electron chi connectivity index (χ3n) is 4.34. The smallest absolute Gasteiger partial charge is 0.314 e. The second-order valence-corrected chi connectivity index (χ2v) is 6.15. The summed E-state index contributed by atoms with van der Waals surface area (Å²) in [6.07, 6.45) is 0. The van der Waals surface area contributed by atoms with E-state index in [9.17, 15) is 14.4 Å². The Balaban J connectivity index is 0.00000243. The first-order valence-corrected chi connectivity index (χ1v) is 8.32. The van der Waals surface area contributed by atoms with Gasteiger partial charge in [-0.25, -0.2) is 0 Å². The number of hydrogen-bond acceptors (Lipinski definition) is 3. The fourth-order valence-corrected chi connectivity index (χ4v) is 3.31. The number of carbonyl (C=O) groups excluding carboxylic acids is 3. The number of benzene rings is 2. The van der Waals surface area contributed by atoms with E-state index in [2.05, 4.69) is 0 Å². The van der Waals surface area contributed by atoms with Crippen LogP contribution in [0.15, 0.2) is 48.5 Å². The van der Waals surface area contributed by atoms with Crippen LogP contribution in [-0.2, 0) is 9.59 Å². The molecule has 1 unspecified atom stereocenters. The predicted molar refractivity (Wildman–Crippen MR) is 97.2 cm³/mol. The normalized spacial score (nSPS) is 16.0. The molecule has 1 aliphatic rings. The van der Waals surface area contributed by atoms with Gasteiger partial charge in [-0.05, 0) is 31.2 Å². The Morgan fingerprint density at radius 1 is 1.12 bits per heavy atom. The number of Topliss-reactive ketones (excluding diaryl/α,β-unsaturated/α-hetero) is 1. The molecule has 3 rings (SSSR count). The van der Waals surface area contributed by atoms with Crippen LogP contribution in [0.25, 0.3) is 0 Å². The topological polar surface area (TPSA) is 57.7 Å². The number of fused-ring (bicyclic) bond motifs is 1. The zero-order valence-electron chi connectivity index (χ0n) is 14.9. The van der Waals surface area contributed by atoms with Gasteiger partial charge < -0.3 is 9.80 Å². The third-order valence-corrected chi connectivity index (χ3v) is 4.65. The molecule has 7 heteroatoms. The SMILES string of the molecule is CCN(C(=O)C1C(=O)c2c(Cl)cccc2N(C)C1=O)c1ccccc1.[Na+]. The van der Waals surface area contributed by atoms with Crippen molar-refractivity contribution in [1.82, 2.24) is 0 Å². The monoisotopic (exact) mass is 379 g/mol. The molecule has 1 atom stereocenters. The maximum absolute atomic E-state index is 13.0. The number of rotatable bonds is 3. The summed E-state index contributed by atoms with van der Waals surface area (Å²) in [5.74, 6) is -3.05. The van der Waals surface area contributed by atoms with Crippen LogP contribution in [0, 0.1) is 5.92 Å². The Morgan fingerprint density at radius 2 is 1.77 bits per heavy atom. The van der Waals surface area contributed by atoms with Gasteiger partial charge in [0, 0.05) is 19.3 Å². The van der Waals surface area contributed by atoms with Crippen molar-refractivity contribution in [3.63, 3.8) is 0 Å². The molecular weight excluding hydrogens is 363 g/mol. The molecule has 0 spiro atoms. The largest absolute Gasteiger partial charge is 1.00 e. The van der Waals surface area contributed by atoms with Gasteiger partial charge in [-0.15, -0.1) is 0 Å². The summed E-state index contributed by atoms with van der Waals surface area (Å²) in [6.45, 7) is 2.15. The van der Waals surface area contributed by atoms with E-state index in [-0.39, 0.29) is 40.1 Å². The molecule has 2 amide bonds. The van der Waals surface area contributed by atoms with Crippen molar-refractivity contribution in [2.24, 2.45) is 5.92 Å². The second-order valence-electron chi connectivity index (χ2n) is 5.75. The number of para-hydroxylation sites is 1. The van der Waals surface area contributed by atoms with Crippen LogP contribution in [0.1, 0.15) is 17.3 Å². The van der Waals surface area contributed by atoms with Crippen LogP contribution < -0.4 is 39.4 Å². The minimum Gasteiger partial charge on any atom is -0.314 e. The van der Waals surface area contributed by atoms with E-state index in [4.69, 9.17) is 11.6 Å². The van der Waals surface area contributed by atoms with E-state index in [0.717, 1.165) is 0 Å². The molecule has 5 nitrogen and oxygen atoms in total. The number of hydrogen-bond donors (Lipinski definition) is 0. The molecule has 2 aromatic carbocycles. The van der Waals surface area contributed by atoms with Crippen molar-refractivity contribution >= 4 is 40.6 Å². The van der Waals surface area contributed by atoms with Gasteiger partial charge in [-0.3, -0.25) is 14.4 Å². The minimum atomic E-state index is -1.42. The summed E-state index contributed by atoms with van der Waals surface area (Å²) in [7, 11) is 1.54. The van der Waals surface area contributed by atoms with Gasteiger partial charge in [-0.1, -0.05) is 35.9 Å². The number of anilines is 2. The summed E-state index contributed by atoms with van der Waals surface area (Å²) in [6, 6.07) is 13.9. The fourth-order valence-electron chi connectivity index (χ4n) is 3.05. The van der Waals surface area contributed by atoms with E-state index >= 15 is 0 Å². The van der Waals surface area contributed by atoms with Crippen LogP contribution in [0.5, 0.6) is 0 Å². The van der Waals surface area contributed by atoms with E-state index in [0.29, 0.717) is 17.9 Å². The molecule has 0 saturated heterocycles. The molecule has 0 saturated carbocycles. The van der Waals surface area contributed by atoms with Gasteiger partial charge in [0.1, 0.15) is 0 Å². The molecule has 0 aliphatic carbocycles. The molecular formula is C19H17ClN2NaO3+. The zero-order chi connectivity index (χ0) is 18.1. The number of halogens is 1. The van der Waals surface area contributed by atoms with E-state index in [1.165, 1.54) is 9.80 Å². The summed E-state index contributed by atoms with van der Waals surface area (Å²) < 4.78 is 0. The van der Waals surface area contributed by atoms with Crippen molar-refractivity contribution in [3.8, 4) is 0 Å². The van der Waals surface area contributed by atoms with Gasteiger partial charge in [-0.2, -0.15) is 0 Å². The van der Waals surface area contributed by atoms with Crippen LogP contribution in [-0.4, -0.2) is 31.2 Å². The molecule has 0 aromatic heterocycles. The Kier molecular flexibility index (Phi) is 6.64. The standard InChI is InChI=1S/C19H17ClN2O3.Na/c1-3-22(12-8-5-4-6-9-12)19(25)16-17(23)15-13(20)10-7-11-14(15)21(2)18(16)24;/h4-11,16H,3H2,1-2H3;/q;+1. The molecule has 128 valence electrons. The first-order chi connectivity index (χ1) is 12.0. The maximum atomic E-state index is 13.0. The molecule has 0 N–H and O–H groups in total. The van der Waals surface area contributed by atoms with Crippen LogP contribution >= 0.6 is 11.6 Å². The number of amides is 2. The van der Waals surface area contributed by atoms with Crippen molar-refractivity contribution < 1.29 is 43.9 Å². The average molecular weight is 380 g/mol. The van der Waals surface area contributed by atoms with Crippen LogP contribution in [0.2, 0.25) is 5.02 Å². The van der Waals surface area contributed by atoms with Crippen molar-refractivity contribution in [2.75, 3.05) is 23.4 Å². The van der Waals surface area contributed by atoms with Crippen molar-refractivity contribution in [2.45, 2.75) is 6.92 Å². The molecule has 0 fully saturated rings.